The third kappa shape index (κ3) is 2.05. The minimum atomic E-state index is 0.750. The second-order valence-corrected chi connectivity index (χ2v) is 2.68. The summed E-state index contributed by atoms with van der Waals surface area (Å²) in [5.41, 5.74) is 7.94. The molecule has 1 aliphatic rings. The molecule has 0 bridgehead atoms. The number of benzene rings is 1. The Kier molecular flexibility index (Phi) is 3.12. The van der Waals surface area contributed by atoms with Gasteiger partial charge in [-0.05, 0) is 30.5 Å². The average molecular weight is 149 g/mol. The van der Waals surface area contributed by atoms with E-state index in [1.165, 1.54) is 12.8 Å². The number of fused-ring (bicyclic) bond motifs is 1. The van der Waals surface area contributed by atoms with Gasteiger partial charge in [0.25, 0.3) is 0 Å². The summed E-state index contributed by atoms with van der Waals surface area (Å²) in [6.07, 6.45) is 2.60. The molecule has 0 aliphatic heterocycles. The van der Waals surface area contributed by atoms with E-state index in [2.05, 4.69) is 24.3 Å². The van der Waals surface area contributed by atoms with Gasteiger partial charge in [0.1, 0.15) is 0 Å². The maximum absolute atomic E-state index is 4.85. The summed E-state index contributed by atoms with van der Waals surface area (Å²) in [6, 6.07) is 8.63. The maximum atomic E-state index is 4.85. The molecule has 0 saturated heterocycles. The van der Waals surface area contributed by atoms with Crippen molar-refractivity contribution in [3.8, 4) is 0 Å². The van der Waals surface area contributed by atoms with Crippen molar-refractivity contribution in [1.82, 2.24) is 0 Å². The number of rotatable bonds is 0. The Balaban J connectivity index is 0.000000179. The van der Waals surface area contributed by atoms with E-state index in [1.807, 2.05) is 6.92 Å². The van der Waals surface area contributed by atoms with E-state index in [0.717, 1.165) is 6.54 Å². The molecule has 2 rings (SSSR count). The van der Waals surface area contributed by atoms with E-state index in [1.54, 1.807) is 11.1 Å². The molecule has 2 N–H and O–H groups in total. The van der Waals surface area contributed by atoms with Crippen LogP contribution in [0, 0.1) is 0 Å². The van der Waals surface area contributed by atoms with Crippen molar-refractivity contribution in [1.29, 1.82) is 0 Å². The lowest BCUT2D eigenvalue weighted by molar-refractivity contribution is 0.839. The van der Waals surface area contributed by atoms with Gasteiger partial charge in [-0.1, -0.05) is 31.2 Å². The van der Waals surface area contributed by atoms with Gasteiger partial charge >= 0.3 is 0 Å². The fraction of sp³-hybridized carbons (Fsp3) is 0.400. The first-order valence-corrected chi connectivity index (χ1v) is 4.15. The Morgan fingerprint density at radius 1 is 1.18 bits per heavy atom. The van der Waals surface area contributed by atoms with Gasteiger partial charge in [-0.2, -0.15) is 0 Å². The molecule has 1 aromatic rings. The summed E-state index contributed by atoms with van der Waals surface area (Å²) in [5.74, 6) is 0. The summed E-state index contributed by atoms with van der Waals surface area (Å²) in [7, 11) is 0. The van der Waals surface area contributed by atoms with Gasteiger partial charge in [0, 0.05) is 0 Å². The smallest absolute Gasteiger partial charge is 0.0106 e. The summed E-state index contributed by atoms with van der Waals surface area (Å²) in [5, 5.41) is 0. The molecule has 1 nitrogen and oxygen atoms in total. The second kappa shape index (κ2) is 4.14. The fourth-order valence-corrected chi connectivity index (χ4v) is 1.14. The van der Waals surface area contributed by atoms with Gasteiger partial charge in [-0.15, -0.1) is 0 Å². The lowest BCUT2D eigenvalue weighted by Gasteiger charge is -2.16. The maximum Gasteiger partial charge on any atom is -0.0106 e. The topological polar surface area (TPSA) is 26.0 Å². The minimum absolute atomic E-state index is 0.750. The Morgan fingerprint density at radius 3 is 1.73 bits per heavy atom. The Bertz CT molecular complexity index is 195. The van der Waals surface area contributed by atoms with Crippen LogP contribution >= 0.6 is 0 Å². The third-order valence-corrected chi connectivity index (χ3v) is 1.78. The first-order chi connectivity index (χ1) is 5.38. The quantitative estimate of drug-likeness (QED) is 0.597. The van der Waals surface area contributed by atoms with Crippen molar-refractivity contribution in [2.45, 2.75) is 19.8 Å². The van der Waals surface area contributed by atoms with E-state index in [-0.39, 0.29) is 0 Å². The van der Waals surface area contributed by atoms with Crippen molar-refractivity contribution in [3.05, 3.63) is 35.4 Å². The van der Waals surface area contributed by atoms with Crippen LogP contribution in [0.2, 0.25) is 0 Å². The summed E-state index contributed by atoms with van der Waals surface area (Å²) in [6.45, 7) is 2.65. The molecule has 0 radical (unpaired) electrons. The monoisotopic (exact) mass is 149 g/mol. The van der Waals surface area contributed by atoms with E-state index < -0.39 is 0 Å². The van der Waals surface area contributed by atoms with E-state index >= 15 is 0 Å². The largest absolute Gasteiger partial charge is 0.331 e. The highest BCUT2D eigenvalue weighted by atomic mass is 14.5. The van der Waals surface area contributed by atoms with Gasteiger partial charge in [-0.3, -0.25) is 0 Å². The molecule has 1 aliphatic carbocycles. The SMILES string of the molecule is CCN.c1ccc2c(c1)CC2. The molecular weight excluding hydrogens is 134 g/mol. The van der Waals surface area contributed by atoms with Crippen LogP contribution in [0.3, 0.4) is 0 Å². The number of aryl methyl sites for hydroxylation is 2. The van der Waals surface area contributed by atoms with Gasteiger partial charge in [0.05, 0.1) is 0 Å². The van der Waals surface area contributed by atoms with Crippen LogP contribution in [-0.2, 0) is 12.8 Å². The van der Waals surface area contributed by atoms with E-state index in [4.69, 9.17) is 5.73 Å². The third-order valence-electron chi connectivity index (χ3n) is 1.78. The average Bonchev–Trinajstić information content (AvgIpc) is 1.94. The second-order valence-electron chi connectivity index (χ2n) is 2.68. The summed E-state index contributed by atoms with van der Waals surface area (Å²) in [4.78, 5) is 0. The van der Waals surface area contributed by atoms with Crippen LogP contribution in [0.1, 0.15) is 18.1 Å². The van der Waals surface area contributed by atoms with Crippen molar-refractivity contribution >= 4 is 0 Å². The zero-order valence-corrected chi connectivity index (χ0v) is 7.01. The molecule has 1 aromatic carbocycles. The molecule has 0 aromatic heterocycles. The Morgan fingerprint density at radius 2 is 1.55 bits per heavy atom. The van der Waals surface area contributed by atoms with Crippen molar-refractivity contribution in [3.63, 3.8) is 0 Å². The molecule has 0 spiro atoms. The van der Waals surface area contributed by atoms with Crippen LogP contribution in [-0.4, -0.2) is 6.54 Å². The highest BCUT2D eigenvalue weighted by Crippen LogP contribution is 2.20. The lowest BCUT2D eigenvalue weighted by Crippen LogP contribution is -2.06. The van der Waals surface area contributed by atoms with Crippen molar-refractivity contribution in [2.75, 3.05) is 6.54 Å². The molecule has 0 atom stereocenters. The number of hydrogen-bond acceptors (Lipinski definition) is 1. The highest BCUT2D eigenvalue weighted by Gasteiger charge is 2.09. The molecule has 60 valence electrons. The van der Waals surface area contributed by atoms with Crippen LogP contribution in [0.4, 0.5) is 0 Å². The van der Waals surface area contributed by atoms with Gasteiger partial charge < -0.3 is 5.73 Å². The first-order valence-electron chi connectivity index (χ1n) is 4.15. The van der Waals surface area contributed by atoms with Crippen LogP contribution in [0.5, 0.6) is 0 Å². The standard InChI is InChI=1S/C8H8.C2H7N/c1-2-4-8-6-5-7(8)3-1;1-2-3/h1-4H,5-6H2;2-3H2,1H3. The summed E-state index contributed by atoms with van der Waals surface area (Å²) < 4.78 is 0. The molecule has 0 fully saturated rings. The van der Waals surface area contributed by atoms with Crippen LogP contribution < -0.4 is 5.73 Å². The number of nitrogens with two attached hydrogens (primary N) is 1. The summed E-state index contributed by atoms with van der Waals surface area (Å²) >= 11 is 0. The zero-order chi connectivity index (χ0) is 8.10. The molecule has 11 heavy (non-hydrogen) atoms. The predicted molar refractivity (Wildman–Crippen MR) is 48.6 cm³/mol. The van der Waals surface area contributed by atoms with E-state index in [9.17, 15) is 0 Å². The van der Waals surface area contributed by atoms with Gasteiger partial charge in [0.2, 0.25) is 0 Å². The lowest BCUT2D eigenvalue weighted by atomic mass is 9.89. The Labute approximate surface area is 68.2 Å². The van der Waals surface area contributed by atoms with Crippen molar-refractivity contribution in [2.24, 2.45) is 5.73 Å². The molecule has 0 saturated carbocycles. The van der Waals surface area contributed by atoms with Crippen molar-refractivity contribution < 1.29 is 0 Å². The molecular formula is C10H15N. The molecule has 0 amide bonds. The predicted octanol–water partition coefficient (Wildman–Crippen LogP) is 1.75. The highest BCUT2D eigenvalue weighted by molar-refractivity contribution is 5.34. The molecule has 0 heterocycles. The van der Waals surface area contributed by atoms with Gasteiger partial charge in [0.15, 0.2) is 0 Å². The molecule has 0 unspecified atom stereocenters. The number of hydrogen-bond donors (Lipinski definition) is 1. The van der Waals surface area contributed by atoms with Crippen LogP contribution in [0.25, 0.3) is 0 Å². The molecule has 1 heteroatoms. The normalized spacial score (nSPS) is 12.2. The minimum Gasteiger partial charge on any atom is -0.331 e. The fourth-order valence-electron chi connectivity index (χ4n) is 1.14. The Hall–Kier alpha value is -0.820. The van der Waals surface area contributed by atoms with E-state index in [0.29, 0.717) is 0 Å². The van der Waals surface area contributed by atoms with Crippen LogP contribution in [0.15, 0.2) is 24.3 Å². The first kappa shape index (κ1) is 8.28. The zero-order valence-electron chi connectivity index (χ0n) is 7.01. The van der Waals surface area contributed by atoms with Gasteiger partial charge in [-0.25, -0.2) is 0 Å².